The molecule has 0 heterocycles. The molecule has 73 valence electrons. The largest absolute Gasteiger partial charge is 0.315 e. The molecule has 0 fully saturated rings. The van der Waals surface area contributed by atoms with Crippen molar-refractivity contribution in [3.8, 4) is 12.1 Å². The van der Waals surface area contributed by atoms with Gasteiger partial charge in [0, 0.05) is 0 Å². The van der Waals surface area contributed by atoms with Gasteiger partial charge in [0.25, 0.3) is 0 Å². The molecule has 0 saturated carbocycles. The van der Waals surface area contributed by atoms with Crippen molar-refractivity contribution >= 4 is 5.69 Å². The highest BCUT2D eigenvalue weighted by Crippen LogP contribution is 2.24. The zero-order valence-electron chi connectivity index (χ0n) is 6.91. The molecule has 0 N–H and O–H groups in total. The van der Waals surface area contributed by atoms with E-state index >= 15 is 0 Å². The maximum absolute atomic E-state index is 13.1. The lowest BCUT2D eigenvalue weighted by Crippen LogP contribution is -2.01. The van der Waals surface area contributed by atoms with Crippen LogP contribution in [0, 0.1) is 50.5 Å². The van der Waals surface area contributed by atoms with Crippen LogP contribution >= 0.6 is 0 Å². The van der Waals surface area contributed by atoms with E-state index in [1.807, 2.05) is 0 Å². The van der Waals surface area contributed by atoms with Crippen molar-refractivity contribution in [3.05, 3.63) is 38.9 Å². The number of hydrogen-bond donors (Lipinski definition) is 0. The molecular formula is C8F2N3O2. The molecule has 0 amide bonds. The van der Waals surface area contributed by atoms with E-state index < -0.39 is 33.4 Å². The van der Waals surface area contributed by atoms with Gasteiger partial charge in [-0.1, -0.05) is 0 Å². The van der Waals surface area contributed by atoms with Crippen LogP contribution in [0.15, 0.2) is 0 Å². The molecule has 5 nitrogen and oxygen atoms in total. The number of nitro groups is 1. The Labute approximate surface area is 81.9 Å². The second kappa shape index (κ2) is 3.68. The fourth-order valence-electron chi connectivity index (χ4n) is 0.869. The van der Waals surface area contributed by atoms with Gasteiger partial charge in [-0.25, -0.2) is 4.39 Å². The molecule has 0 saturated heterocycles. The fraction of sp³-hybridized carbons (Fsp3) is 0. The molecule has 1 aromatic rings. The van der Waals surface area contributed by atoms with Gasteiger partial charge >= 0.3 is 5.69 Å². The molecule has 1 aromatic carbocycles. The monoisotopic (exact) mass is 208 g/mol. The SMILES string of the molecule is N#Cc1[c]c([N+](=O)[O-])c(F)c(C#N)c1F. The normalized spacial score (nSPS) is 9.07. The Morgan fingerprint density at radius 1 is 1.27 bits per heavy atom. The molecule has 1 rings (SSSR count). The number of nitriles is 2. The first-order chi connectivity index (χ1) is 7.02. The highest BCUT2D eigenvalue weighted by Gasteiger charge is 2.25. The minimum absolute atomic E-state index is 0.861. The van der Waals surface area contributed by atoms with Gasteiger partial charge in [0.05, 0.1) is 11.0 Å². The molecule has 0 atom stereocenters. The standard InChI is InChI=1S/C8F2N3O2/c9-7-4(2-11)1-6(13(14)15)8(10)5(7)3-12. The Kier molecular flexibility index (Phi) is 2.59. The van der Waals surface area contributed by atoms with Crippen molar-refractivity contribution in [1.82, 2.24) is 0 Å². The summed E-state index contributed by atoms with van der Waals surface area (Å²) in [7, 11) is 0. The van der Waals surface area contributed by atoms with Gasteiger partial charge in [0.1, 0.15) is 23.3 Å². The van der Waals surface area contributed by atoms with Gasteiger partial charge in [-0.2, -0.15) is 14.9 Å². The molecule has 0 aliphatic rings. The van der Waals surface area contributed by atoms with Crippen molar-refractivity contribution < 1.29 is 13.7 Å². The van der Waals surface area contributed by atoms with E-state index in [0.717, 1.165) is 6.07 Å². The lowest BCUT2D eigenvalue weighted by Gasteiger charge is -1.98. The van der Waals surface area contributed by atoms with Crippen LogP contribution in [-0.4, -0.2) is 4.92 Å². The predicted octanol–water partition coefficient (Wildman–Crippen LogP) is 1.42. The van der Waals surface area contributed by atoms with Crippen molar-refractivity contribution in [2.24, 2.45) is 0 Å². The zero-order chi connectivity index (χ0) is 11.6. The number of halogens is 2. The first kappa shape index (κ1) is 10.5. The fourth-order valence-corrected chi connectivity index (χ4v) is 0.869. The quantitative estimate of drug-likeness (QED) is 0.515. The maximum atomic E-state index is 13.1. The summed E-state index contributed by atoms with van der Waals surface area (Å²) in [5.74, 6) is -3.07. The summed E-state index contributed by atoms with van der Waals surface area (Å²) in [6.07, 6.45) is 0. The molecular weight excluding hydrogens is 208 g/mol. The minimum Gasteiger partial charge on any atom is -0.258 e. The molecule has 0 spiro atoms. The molecule has 1 radical (unpaired) electrons. The Morgan fingerprint density at radius 3 is 2.27 bits per heavy atom. The van der Waals surface area contributed by atoms with Gasteiger partial charge in [0.2, 0.25) is 5.82 Å². The lowest BCUT2D eigenvalue weighted by molar-refractivity contribution is -0.388. The number of nitro benzene ring substituents is 1. The Balaban J connectivity index is 3.70. The Bertz CT molecular complexity index is 528. The van der Waals surface area contributed by atoms with Crippen molar-refractivity contribution in [1.29, 1.82) is 10.5 Å². The van der Waals surface area contributed by atoms with E-state index in [-0.39, 0.29) is 0 Å². The highest BCUT2D eigenvalue weighted by atomic mass is 19.1. The minimum atomic E-state index is -1.63. The summed E-state index contributed by atoms with van der Waals surface area (Å²) in [5, 5.41) is 27.0. The first-order valence-electron chi connectivity index (χ1n) is 3.41. The molecule has 15 heavy (non-hydrogen) atoms. The van der Waals surface area contributed by atoms with E-state index in [2.05, 4.69) is 0 Å². The number of rotatable bonds is 1. The third-order valence-electron chi connectivity index (χ3n) is 1.52. The maximum Gasteiger partial charge on any atom is 0.315 e. The molecule has 0 aliphatic heterocycles. The van der Waals surface area contributed by atoms with Gasteiger partial charge in [-0.3, -0.25) is 10.1 Å². The molecule has 7 heteroatoms. The third-order valence-corrected chi connectivity index (χ3v) is 1.52. The highest BCUT2D eigenvalue weighted by molar-refractivity contribution is 5.50. The van der Waals surface area contributed by atoms with Crippen LogP contribution in [0.25, 0.3) is 0 Å². The summed E-state index contributed by atoms with van der Waals surface area (Å²) in [6, 6.07) is 3.99. The van der Waals surface area contributed by atoms with Crippen LogP contribution in [0.3, 0.4) is 0 Å². The van der Waals surface area contributed by atoms with E-state index in [1.54, 1.807) is 6.07 Å². The van der Waals surface area contributed by atoms with Crippen molar-refractivity contribution in [3.63, 3.8) is 0 Å². The molecule has 0 aliphatic carbocycles. The first-order valence-corrected chi connectivity index (χ1v) is 3.41. The van der Waals surface area contributed by atoms with E-state index in [4.69, 9.17) is 10.5 Å². The summed E-state index contributed by atoms with van der Waals surface area (Å²) in [5.41, 5.74) is -3.24. The number of nitrogens with zero attached hydrogens (tertiary/aromatic N) is 3. The molecule has 0 unspecified atom stereocenters. The second-order valence-electron chi connectivity index (χ2n) is 2.33. The van der Waals surface area contributed by atoms with Gasteiger partial charge in [-0.05, 0) is 0 Å². The van der Waals surface area contributed by atoms with Gasteiger partial charge < -0.3 is 0 Å². The van der Waals surface area contributed by atoms with Gasteiger partial charge in [0.15, 0.2) is 5.82 Å². The topological polar surface area (TPSA) is 90.7 Å². The van der Waals surface area contributed by atoms with Crippen LogP contribution in [0.5, 0.6) is 0 Å². The lowest BCUT2D eigenvalue weighted by atomic mass is 10.1. The average Bonchev–Trinajstić information content (AvgIpc) is 2.18. The second-order valence-corrected chi connectivity index (χ2v) is 2.33. The van der Waals surface area contributed by atoms with Crippen LogP contribution in [0.1, 0.15) is 11.1 Å². The third kappa shape index (κ3) is 1.58. The summed E-state index contributed by atoms with van der Waals surface area (Å²) in [4.78, 5) is 9.08. The van der Waals surface area contributed by atoms with Crippen molar-refractivity contribution in [2.75, 3.05) is 0 Å². The van der Waals surface area contributed by atoms with Crippen LogP contribution in [-0.2, 0) is 0 Å². The van der Waals surface area contributed by atoms with E-state index in [9.17, 15) is 18.9 Å². The number of hydrogen-bond acceptors (Lipinski definition) is 4. The van der Waals surface area contributed by atoms with Crippen LogP contribution < -0.4 is 0 Å². The summed E-state index contributed by atoms with van der Waals surface area (Å²) < 4.78 is 26.1. The Hall–Kier alpha value is -2.54. The van der Waals surface area contributed by atoms with E-state index in [1.165, 1.54) is 6.07 Å². The average molecular weight is 208 g/mol. The summed E-state index contributed by atoms with van der Waals surface area (Å²) in [6.45, 7) is 0. The predicted molar refractivity (Wildman–Crippen MR) is 41.3 cm³/mol. The smallest absolute Gasteiger partial charge is 0.258 e. The van der Waals surface area contributed by atoms with Crippen molar-refractivity contribution in [2.45, 2.75) is 0 Å². The molecule has 0 aromatic heterocycles. The van der Waals surface area contributed by atoms with Crippen LogP contribution in [0.4, 0.5) is 14.5 Å². The zero-order valence-corrected chi connectivity index (χ0v) is 6.91. The number of benzene rings is 1. The summed E-state index contributed by atoms with van der Waals surface area (Å²) >= 11 is 0. The van der Waals surface area contributed by atoms with E-state index in [0.29, 0.717) is 0 Å². The van der Waals surface area contributed by atoms with Crippen LogP contribution in [0.2, 0.25) is 0 Å². The molecule has 0 bridgehead atoms. The van der Waals surface area contributed by atoms with Gasteiger partial charge in [-0.15, -0.1) is 0 Å². The Morgan fingerprint density at radius 2 is 1.87 bits per heavy atom.